The highest BCUT2D eigenvalue weighted by atomic mass is 19.3. The fraction of sp³-hybridized carbons (Fsp3) is 0.800. The molecule has 0 saturated carbocycles. The van der Waals surface area contributed by atoms with Crippen molar-refractivity contribution in [2.45, 2.75) is 77.8 Å². The second-order valence-electron chi connectivity index (χ2n) is 9.34. The molecule has 2 aliphatic heterocycles. The third-order valence-electron chi connectivity index (χ3n) is 5.77. The number of alkyl halides is 2. The van der Waals surface area contributed by atoms with Gasteiger partial charge in [0.25, 0.3) is 6.43 Å². The summed E-state index contributed by atoms with van der Waals surface area (Å²) in [7, 11) is 0. The van der Waals surface area contributed by atoms with Gasteiger partial charge in [-0.1, -0.05) is 34.6 Å². The van der Waals surface area contributed by atoms with E-state index in [0.717, 1.165) is 25.1 Å². The SMILES string of the molecule is CC(C)C(=O)N1CCC[C@H]([C@@H]2C[C@H](C(F)F)n3nc(C(C)(C)C)cc3N2)C1. The monoisotopic (exact) mass is 382 g/mol. The summed E-state index contributed by atoms with van der Waals surface area (Å²) in [5.41, 5.74) is 0.621. The number of carbonyl (C=O) groups is 1. The minimum atomic E-state index is -2.46. The zero-order valence-electron chi connectivity index (χ0n) is 17.0. The first-order valence-corrected chi connectivity index (χ1v) is 10.0. The number of halogens is 2. The predicted octanol–water partition coefficient (Wildman–Crippen LogP) is 4.07. The van der Waals surface area contributed by atoms with Crippen LogP contribution >= 0.6 is 0 Å². The van der Waals surface area contributed by atoms with E-state index in [1.165, 1.54) is 4.68 Å². The first-order valence-electron chi connectivity index (χ1n) is 10.0. The van der Waals surface area contributed by atoms with E-state index in [1.54, 1.807) is 0 Å². The van der Waals surface area contributed by atoms with Crippen LogP contribution in [0.1, 0.15) is 65.6 Å². The number of aromatic nitrogens is 2. The van der Waals surface area contributed by atoms with Crippen LogP contribution in [-0.4, -0.2) is 46.1 Å². The Bertz CT molecular complexity index is 680. The molecule has 0 unspecified atom stereocenters. The van der Waals surface area contributed by atoms with Gasteiger partial charge in [0, 0.05) is 36.5 Å². The highest BCUT2D eigenvalue weighted by molar-refractivity contribution is 5.78. The van der Waals surface area contributed by atoms with Crippen LogP contribution in [0.5, 0.6) is 0 Å². The fourth-order valence-corrected chi connectivity index (χ4v) is 4.15. The molecule has 3 rings (SSSR count). The van der Waals surface area contributed by atoms with E-state index in [1.807, 2.05) is 45.6 Å². The summed E-state index contributed by atoms with van der Waals surface area (Å²) in [6.45, 7) is 11.3. The molecule has 1 aromatic heterocycles. The van der Waals surface area contributed by atoms with Crippen molar-refractivity contribution < 1.29 is 13.6 Å². The standard InChI is InChI=1S/C20H32F2N4O/c1-12(2)19(27)25-8-6-7-13(11-25)14-9-15(18(21)22)26-17(23-14)10-16(24-26)20(3,4)5/h10,12-15,18,23H,6-9,11H2,1-5H3/t13-,14-,15+/m0/s1. The third kappa shape index (κ3) is 4.11. The van der Waals surface area contributed by atoms with Crippen LogP contribution in [0, 0.1) is 11.8 Å². The Morgan fingerprint density at radius 3 is 2.63 bits per heavy atom. The summed E-state index contributed by atoms with van der Waals surface area (Å²) in [6.07, 6.45) is -0.245. The highest BCUT2D eigenvalue weighted by Crippen LogP contribution is 2.38. The van der Waals surface area contributed by atoms with Gasteiger partial charge >= 0.3 is 0 Å². The minimum absolute atomic E-state index is 0.0346. The third-order valence-corrected chi connectivity index (χ3v) is 5.77. The van der Waals surface area contributed by atoms with Crippen molar-refractivity contribution in [2.24, 2.45) is 11.8 Å². The van der Waals surface area contributed by atoms with E-state index in [4.69, 9.17) is 0 Å². The lowest BCUT2D eigenvalue weighted by Crippen LogP contribution is -2.49. The average Bonchev–Trinajstić information content (AvgIpc) is 3.04. The summed E-state index contributed by atoms with van der Waals surface area (Å²) in [5, 5.41) is 7.94. The van der Waals surface area contributed by atoms with Crippen LogP contribution in [0.3, 0.4) is 0 Å². The highest BCUT2D eigenvalue weighted by Gasteiger charge is 2.39. The molecule has 0 aliphatic carbocycles. The number of hydrogen-bond acceptors (Lipinski definition) is 3. The van der Waals surface area contributed by atoms with Gasteiger partial charge in [-0.2, -0.15) is 5.10 Å². The van der Waals surface area contributed by atoms with Crippen LogP contribution in [0.15, 0.2) is 6.07 Å². The number of likely N-dealkylation sites (tertiary alicyclic amines) is 1. The molecule has 3 heterocycles. The summed E-state index contributed by atoms with van der Waals surface area (Å²) < 4.78 is 29.1. The van der Waals surface area contributed by atoms with Gasteiger partial charge in [-0.3, -0.25) is 4.79 Å². The lowest BCUT2D eigenvalue weighted by atomic mass is 9.85. The molecule has 3 atom stereocenters. The van der Waals surface area contributed by atoms with Crippen LogP contribution in [0.25, 0.3) is 0 Å². The smallest absolute Gasteiger partial charge is 0.260 e. The van der Waals surface area contributed by atoms with Gasteiger partial charge in [-0.25, -0.2) is 13.5 Å². The molecule has 5 nitrogen and oxygen atoms in total. The second-order valence-corrected chi connectivity index (χ2v) is 9.34. The van der Waals surface area contributed by atoms with Crippen molar-refractivity contribution >= 4 is 11.7 Å². The Balaban J connectivity index is 1.82. The summed E-state index contributed by atoms with van der Waals surface area (Å²) in [4.78, 5) is 14.3. The van der Waals surface area contributed by atoms with Crippen molar-refractivity contribution in [1.82, 2.24) is 14.7 Å². The quantitative estimate of drug-likeness (QED) is 0.857. The lowest BCUT2D eigenvalue weighted by Gasteiger charge is -2.41. The molecule has 1 N–H and O–H groups in total. The van der Waals surface area contributed by atoms with Gasteiger partial charge in [-0.05, 0) is 25.2 Å². The van der Waals surface area contributed by atoms with Gasteiger partial charge in [0.05, 0.1) is 5.69 Å². The molecule has 1 saturated heterocycles. The molecule has 0 bridgehead atoms. The van der Waals surface area contributed by atoms with E-state index in [9.17, 15) is 13.6 Å². The van der Waals surface area contributed by atoms with Crippen molar-refractivity contribution in [3.63, 3.8) is 0 Å². The maximum atomic E-state index is 13.8. The zero-order valence-corrected chi connectivity index (χ0v) is 17.0. The van der Waals surface area contributed by atoms with Gasteiger partial charge in [-0.15, -0.1) is 0 Å². The molecule has 27 heavy (non-hydrogen) atoms. The van der Waals surface area contributed by atoms with E-state index in [0.29, 0.717) is 18.8 Å². The molecule has 0 aromatic carbocycles. The number of rotatable bonds is 3. The number of amides is 1. The molecular weight excluding hydrogens is 350 g/mol. The Labute approximate surface area is 160 Å². The normalized spacial score (nSPS) is 26.3. The van der Waals surface area contributed by atoms with Crippen molar-refractivity contribution in [3.8, 4) is 0 Å². The van der Waals surface area contributed by atoms with Gasteiger partial charge < -0.3 is 10.2 Å². The summed E-state index contributed by atoms with van der Waals surface area (Å²) >= 11 is 0. The first kappa shape index (κ1) is 20.1. The number of carbonyl (C=O) groups excluding carboxylic acids is 1. The number of fused-ring (bicyclic) bond motifs is 1. The number of nitrogens with zero attached hydrogens (tertiary/aromatic N) is 3. The number of anilines is 1. The first-order chi connectivity index (χ1) is 12.6. The van der Waals surface area contributed by atoms with Gasteiger partial charge in [0.15, 0.2) is 0 Å². The summed E-state index contributed by atoms with van der Waals surface area (Å²) in [6, 6.07) is 0.920. The van der Waals surface area contributed by atoms with Crippen LogP contribution in [0.2, 0.25) is 0 Å². The fourth-order valence-electron chi connectivity index (χ4n) is 4.15. The van der Waals surface area contributed by atoms with Gasteiger partial charge in [0.1, 0.15) is 11.9 Å². The molecule has 2 aliphatic rings. The molecule has 0 radical (unpaired) electrons. The number of hydrogen-bond donors (Lipinski definition) is 1. The Hall–Kier alpha value is -1.66. The largest absolute Gasteiger partial charge is 0.367 e. The van der Waals surface area contributed by atoms with Crippen molar-refractivity contribution in [1.29, 1.82) is 0 Å². The molecule has 1 aromatic rings. The van der Waals surface area contributed by atoms with Crippen LogP contribution in [0.4, 0.5) is 14.6 Å². The van der Waals surface area contributed by atoms with E-state index in [2.05, 4.69) is 10.4 Å². The molecule has 1 fully saturated rings. The average molecular weight is 382 g/mol. The lowest BCUT2D eigenvalue weighted by molar-refractivity contribution is -0.136. The zero-order chi connectivity index (χ0) is 19.9. The second kappa shape index (κ2) is 7.40. The molecule has 152 valence electrons. The van der Waals surface area contributed by atoms with E-state index >= 15 is 0 Å². The topological polar surface area (TPSA) is 50.2 Å². The number of piperidine rings is 1. The molecule has 7 heteroatoms. The van der Waals surface area contributed by atoms with Crippen molar-refractivity contribution in [3.05, 3.63) is 11.8 Å². The number of nitrogens with one attached hydrogen (secondary N) is 1. The Kier molecular flexibility index (Phi) is 5.50. The van der Waals surface area contributed by atoms with Gasteiger partial charge in [0.2, 0.25) is 5.91 Å². The minimum Gasteiger partial charge on any atom is -0.367 e. The maximum Gasteiger partial charge on any atom is 0.260 e. The Morgan fingerprint density at radius 1 is 1.33 bits per heavy atom. The molecule has 0 spiro atoms. The van der Waals surface area contributed by atoms with Crippen LogP contribution < -0.4 is 5.32 Å². The Morgan fingerprint density at radius 2 is 2.04 bits per heavy atom. The summed E-state index contributed by atoms with van der Waals surface area (Å²) in [5.74, 6) is 0.979. The predicted molar refractivity (Wildman–Crippen MR) is 102 cm³/mol. The molecule has 1 amide bonds. The van der Waals surface area contributed by atoms with Crippen LogP contribution in [-0.2, 0) is 10.2 Å². The maximum absolute atomic E-state index is 13.8. The molecular formula is C20H32F2N4O. The van der Waals surface area contributed by atoms with Crippen molar-refractivity contribution in [2.75, 3.05) is 18.4 Å². The van der Waals surface area contributed by atoms with E-state index < -0.39 is 12.5 Å². The van der Waals surface area contributed by atoms with E-state index in [-0.39, 0.29) is 29.2 Å².